The molecule has 15 heavy (non-hydrogen) atoms. The summed E-state index contributed by atoms with van der Waals surface area (Å²) in [6.07, 6.45) is 2.53. The second-order valence-corrected chi connectivity index (χ2v) is 4.24. The van der Waals surface area contributed by atoms with E-state index in [0.717, 1.165) is 31.0 Å². The van der Waals surface area contributed by atoms with Gasteiger partial charge in [-0.2, -0.15) is 0 Å². The number of hydrogen-bond acceptors (Lipinski definition) is 3. The largest absolute Gasteiger partial charge is 0.489 e. The Hall–Kier alpha value is -0.800. The number of pyridine rings is 1. The topological polar surface area (TPSA) is 34.1 Å². The highest BCUT2D eigenvalue weighted by molar-refractivity contribution is 6.29. The molecule has 1 atom stereocenters. The van der Waals surface area contributed by atoms with Gasteiger partial charge in [-0.05, 0) is 26.3 Å². The molecule has 1 aromatic rings. The summed E-state index contributed by atoms with van der Waals surface area (Å²) in [6.45, 7) is 3.92. The molecule has 3 nitrogen and oxygen atoms in total. The molecule has 0 amide bonds. The van der Waals surface area contributed by atoms with Crippen LogP contribution in [0.1, 0.15) is 18.5 Å². The van der Waals surface area contributed by atoms with Crippen molar-refractivity contribution in [1.82, 2.24) is 10.3 Å². The Balaban J connectivity index is 2.02. The third-order valence-electron chi connectivity index (χ3n) is 2.45. The van der Waals surface area contributed by atoms with Crippen LogP contribution in [0.4, 0.5) is 0 Å². The molecule has 0 aliphatic carbocycles. The third-order valence-corrected chi connectivity index (χ3v) is 2.64. The average Bonchev–Trinajstić information content (AvgIpc) is 2.17. The second-order valence-electron chi connectivity index (χ2n) is 3.85. The third kappa shape index (κ3) is 3.08. The molecule has 1 aromatic heterocycles. The van der Waals surface area contributed by atoms with Crippen LogP contribution in [-0.4, -0.2) is 24.2 Å². The van der Waals surface area contributed by atoms with Crippen LogP contribution in [0.5, 0.6) is 5.75 Å². The molecule has 0 bridgehead atoms. The minimum absolute atomic E-state index is 0.261. The number of piperidine rings is 1. The van der Waals surface area contributed by atoms with Gasteiger partial charge >= 0.3 is 0 Å². The SMILES string of the molecule is Cc1cc(OC2CCCNC2)cc(Cl)n1. The molecule has 82 valence electrons. The minimum Gasteiger partial charge on any atom is -0.489 e. The summed E-state index contributed by atoms with van der Waals surface area (Å²) >= 11 is 5.86. The summed E-state index contributed by atoms with van der Waals surface area (Å²) in [5.74, 6) is 0.821. The molecule has 1 aliphatic heterocycles. The average molecular weight is 227 g/mol. The van der Waals surface area contributed by atoms with Crippen LogP contribution in [0, 0.1) is 6.92 Å². The van der Waals surface area contributed by atoms with Crippen molar-refractivity contribution >= 4 is 11.6 Å². The lowest BCUT2D eigenvalue weighted by Gasteiger charge is -2.24. The van der Waals surface area contributed by atoms with E-state index in [1.54, 1.807) is 6.07 Å². The predicted molar refractivity (Wildman–Crippen MR) is 60.5 cm³/mol. The van der Waals surface area contributed by atoms with Crippen molar-refractivity contribution in [3.63, 3.8) is 0 Å². The fourth-order valence-electron chi connectivity index (χ4n) is 1.78. The summed E-state index contributed by atoms with van der Waals surface area (Å²) in [5, 5.41) is 3.80. The smallest absolute Gasteiger partial charge is 0.133 e. The van der Waals surface area contributed by atoms with Crippen LogP contribution >= 0.6 is 11.6 Å². The van der Waals surface area contributed by atoms with Crippen molar-refractivity contribution in [2.75, 3.05) is 13.1 Å². The summed E-state index contributed by atoms with van der Waals surface area (Å²) in [5.41, 5.74) is 0.890. The fraction of sp³-hybridized carbons (Fsp3) is 0.545. The van der Waals surface area contributed by atoms with E-state index in [1.165, 1.54) is 6.42 Å². The highest BCUT2D eigenvalue weighted by Gasteiger charge is 2.14. The van der Waals surface area contributed by atoms with Gasteiger partial charge in [-0.1, -0.05) is 11.6 Å². The van der Waals surface area contributed by atoms with Crippen molar-refractivity contribution in [1.29, 1.82) is 0 Å². The van der Waals surface area contributed by atoms with Crippen LogP contribution in [0.2, 0.25) is 5.15 Å². The van der Waals surface area contributed by atoms with Gasteiger partial charge in [0.1, 0.15) is 17.0 Å². The summed E-state index contributed by atoms with van der Waals surface area (Å²) in [4.78, 5) is 4.10. The monoisotopic (exact) mass is 226 g/mol. The molecule has 0 spiro atoms. The van der Waals surface area contributed by atoms with E-state index in [9.17, 15) is 0 Å². The maximum absolute atomic E-state index is 5.86. The predicted octanol–water partition coefficient (Wildman–Crippen LogP) is 2.17. The molecule has 1 saturated heterocycles. The standard InChI is InChI=1S/C11H15ClN2O/c1-8-5-10(6-11(12)14-8)15-9-3-2-4-13-7-9/h5-6,9,13H,2-4,7H2,1H3. The first-order valence-corrected chi connectivity index (χ1v) is 5.63. The van der Waals surface area contributed by atoms with Gasteiger partial charge in [-0.3, -0.25) is 0 Å². The molecule has 1 fully saturated rings. The van der Waals surface area contributed by atoms with Gasteiger partial charge in [0.25, 0.3) is 0 Å². The highest BCUT2D eigenvalue weighted by atomic mass is 35.5. The Morgan fingerprint density at radius 1 is 1.53 bits per heavy atom. The molecule has 2 heterocycles. The number of nitrogens with one attached hydrogen (secondary N) is 1. The normalized spacial score (nSPS) is 21.3. The van der Waals surface area contributed by atoms with E-state index in [-0.39, 0.29) is 6.10 Å². The van der Waals surface area contributed by atoms with E-state index < -0.39 is 0 Å². The Bertz CT molecular complexity index is 317. The fourth-order valence-corrected chi connectivity index (χ4v) is 2.02. The van der Waals surface area contributed by atoms with Crippen LogP contribution < -0.4 is 10.1 Å². The van der Waals surface area contributed by atoms with Gasteiger partial charge in [0.2, 0.25) is 0 Å². The van der Waals surface area contributed by atoms with Crippen molar-refractivity contribution in [3.8, 4) is 5.75 Å². The van der Waals surface area contributed by atoms with Crippen LogP contribution in [0.25, 0.3) is 0 Å². The molecule has 4 heteroatoms. The molecule has 0 aromatic carbocycles. The van der Waals surface area contributed by atoms with Crippen LogP contribution in [-0.2, 0) is 0 Å². The van der Waals surface area contributed by atoms with E-state index in [1.807, 2.05) is 13.0 Å². The summed E-state index contributed by atoms with van der Waals surface area (Å²) in [6, 6.07) is 3.68. The number of nitrogens with zero attached hydrogens (tertiary/aromatic N) is 1. The van der Waals surface area contributed by atoms with E-state index in [2.05, 4.69) is 10.3 Å². The van der Waals surface area contributed by atoms with Gasteiger partial charge < -0.3 is 10.1 Å². The zero-order chi connectivity index (χ0) is 10.7. The zero-order valence-corrected chi connectivity index (χ0v) is 9.55. The molecule has 0 saturated carbocycles. The Morgan fingerprint density at radius 3 is 3.07 bits per heavy atom. The lowest BCUT2D eigenvalue weighted by Crippen LogP contribution is -2.37. The van der Waals surface area contributed by atoms with Gasteiger partial charge in [0.15, 0.2) is 0 Å². The lowest BCUT2D eigenvalue weighted by molar-refractivity contribution is 0.167. The second kappa shape index (κ2) is 4.81. The lowest BCUT2D eigenvalue weighted by atomic mass is 10.1. The molecule has 1 N–H and O–H groups in total. The molecular formula is C11H15ClN2O. The van der Waals surface area contributed by atoms with Gasteiger partial charge in [-0.15, -0.1) is 0 Å². The first-order valence-electron chi connectivity index (χ1n) is 5.25. The van der Waals surface area contributed by atoms with E-state index in [0.29, 0.717) is 5.15 Å². The van der Waals surface area contributed by atoms with E-state index in [4.69, 9.17) is 16.3 Å². The molecular weight excluding hydrogens is 212 g/mol. The molecule has 2 rings (SSSR count). The molecule has 1 unspecified atom stereocenters. The Morgan fingerprint density at radius 2 is 2.40 bits per heavy atom. The number of aromatic nitrogens is 1. The first kappa shape index (κ1) is 10.7. The van der Waals surface area contributed by atoms with Crippen molar-refractivity contribution in [2.24, 2.45) is 0 Å². The zero-order valence-electron chi connectivity index (χ0n) is 8.79. The van der Waals surface area contributed by atoms with Crippen molar-refractivity contribution in [3.05, 3.63) is 23.0 Å². The van der Waals surface area contributed by atoms with E-state index >= 15 is 0 Å². The van der Waals surface area contributed by atoms with Crippen LogP contribution in [0.15, 0.2) is 12.1 Å². The number of rotatable bonds is 2. The van der Waals surface area contributed by atoms with Gasteiger partial charge in [0, 0.05) is 24.4 Å². The van der Waals surface area contributed by atoms with Crippen molar-refractivity contribution in [2.45, 2.75) is 25.9 Å². The Kier molecular flexibility index (Phi) is 3.44. The summed E-state index contributed by atoms with van der Waals surface area (Å²) < 4.78 is 5.83. The first-order chi connectivity index (χ1) is 7.24. The minimum atomic E-state index is 0.261. The van der Waals surface area contributed by atoms with Gasteiger partial charge in [0.05, 0.1) is 0 Å². The highest BCUT2D eigenvalue weighted by Crippen LogP contribution is 2.20. The number of halogens is 1. The maximum atomic E-state index is 5.86. The number of hydrogen-bond donors (Lipinski definition) is 1. The van der Waals surface area contributed by atoms with Crippen LogP contribution in [0.3, 0.4) is 0 Å². The van der Waals surface area contributed by atoms with Gasteiger partial charge in [-0.25, -0.2) is 4.98 Å². The summed E-state index contributed by atoms with van der Waals surface area (Å²) in [7, 11) is 0. The maximum Gasteiger partial charge on any atom is 0.133 e. The van der Waals surface area contributed by atoms with Crippen molar-refractivity contribution < 1.29 is 4.74 Å². The molecule has 1 aliphatic rings. The molecule has 0 radical (unpaired) electrons. The number of aryl methyl sites for hydroxylation is 1. The Labute approximate surface area is 94.8 Å². The number of ether oxygens (including phenoxy) is 1. The quantitative estimate of drug-likeness (QED) is 0.785.